The molecule has 0 bridgehead atoms. The van der Waals surface area contributed by atoms with Gasteiger partial charge in [-0.3, -0.25) is 4.40 Å². The van der Waals surface area contributed by atoms with E-state index in [0.717, 1.165) is 32.5 Å². The van der Waals surface area contributed by atoms with E-state index in [1.165, 1.54) is 16.5 Å². The second-order valence-electron chi connectivity index (χ2n) is 6.17. The fourth-order valence-corrected chi connectivity index (χ4v) is 4.75. The first-order chi connectivity index (χ1) is 12.6. The number of aliphatic hydroxyl groups is 1. The van der Waals surface area contributed by atoms with Crippen molar-refractivity contribution in [2.75, 3.05) is 12.4 Å². The standard InChI is InChI=1S/C19H19N3O2S2/c1-12-6-5-7-13(2)17(12)24-10-14(23)11-25-18-20-21-19-22(18)15-8-3-4-9-16(15)26-19/h3-9,14,23H,10-11H2,1-2H3. The zero-order valence-electron chi connectivity index (χ0n) is 14.5. The number of rotatable bonds is 6. The molecule has 134 valence electrons. The largest absolute Gasteiger partial charge is 0.490 e. The van der Waals surface area contributed by atoms with E-state index in [1.54, 1.807) is 11.3 Å². The first-order valence-electron chi connectivity index (χ1n) is 8.36. The second-order valence-corrected chi connectivity index (χ2v) is 8.16. The van der Waals surface area contributed by atoms with Crippen molar-refractivity contribution in [3.05, 3.63) is 53.6 Å². The van der Waals surface area contributed by atoms with Crippen molar-refractivity contribution < 1.29 is 9.84 Å². The Morgan fingerprint density at radius 3 is 2.69 bits per heavy atom. The summed E-state index contributed by atoms with van der Waals surface area (Å²) >= 11 is 3.11. The minimum Gasteiger partial charge on any atom is -0.490 e. The number of hydrogen-bond acceptors (Lipinski definition) is 6. The lowest BCUT2D eigenvalue weighted by Gasteiger charge is -2.15. The molecule has 1 atom stereocenters. The number of nitrogens with zero attached hydrogens (tertiary/aromatic N) is 3. The Morgan fingerprint density at radius 2 is 1.88 bits per heavy atom. The highest BCUT2D eigenvalue weighted by Crippen LogP contribution is 2.29. The van der Waals surface area contributed by atoms with E-state index >= 15 is 0 Å². The van der Waals surface area contributed by atoms with Crippen molar-refractivity contribution in [2.24, 2.45) is 0 Å². The molecule has 0 spiro atoms. The molecular weight excluding hydrogens is 366 g/mol. The molecule has 5 nitrogen and oxygen atoms in total. The van der Waals surface area contributed by atoms with Crippen molar-refractivity contribution in [1.82, 2.24) is 14.6 Å². The molecule has 0 radical (unpaired) electrons. The number of fused-ring (bicyclic) bond motifs is 3. The lowest BCUT2D eigenvalue weighted by Crippen LogP contribution is -2.20. The monoisotopic (exact) mass is 385 g/mol. The van der Waals surface area contributed by atoms with Crippen LogP contribution in [-0.2, 0) is 0 Å². The maximum atomic E-state index is 10.3. The number of thioether (sulfide) groups is 1. The van der Waals surface area contributed by atoms with Crippen LogP contribution in [0.2, 0.25) is 0 Å². The van der Waals surface area contributed by atoms with Crippen molar-refractivity contribution in [3.8, 4) is 5.75 Å². The third kappa shape index (κ3) is 3.30. The van der Waals surface area contributed by atoms with Gasteiger partial charge in [-0.25, -0.2) is 0 Å². The molecule has 1 unspecified atom stereocenters. The zero-order valence-corrected chi connectivity index (χ0v) is 16.2. The number of para-hydroxylation sites is 2. The summed E-state index contributed by atoms with van der Waals surface area (Å²) in [5.74, 6) is 1.35. The summed E-state index contributed by atoms with van der Waals surface area (Å²) in [7, 11) is 0. The molecule has 26 heavy (non-hydrogen) atoms. The van der Waals surface area contributed by atoms with Gasteiger partial charge in [-0.05, 0) is 37.1 Å². The van der Waals surface area contributed by atoms with E-state index in [-0.39, 0.29) is 6.61 Å². The Kier molecular flexibility index (Phi) is 4.84. The molecule has 0 aliphatic rings. The number of benzene rings is 2. The van der Waals surface area contributed by atoms with Crippen LogP contribution in [-0.4, -0.2) is 38.2 Å². The average molecular weight is 386 g/mol. The summed E-state index contributed by atoms with van der Waals surface area (Å²) in [5.41, 5.74) is 3.25. The van der Waals surface area contributed by atoms with E-state index in [2.05, 4.69) is 22.3 Å². The molecule has 7 heteroatoms. The van der Waals surface area contributed by atoms with Gasteiger partial charge in [-0.15, -0.1) is 10.2 Å². The molecule has 0 saturated heterocycles. The number of thiazole rings is 1. The van der Waals surface area contributed by atoms with Gasteiger partial charge in [0, 0.05) is 5.75 Å². The number of ether oxygens (including phenoxy) is 1. The lowest BCUT2D eigenvalue weighted by molar-refractivity contribution is 0.125. The van der Waals surface area contributed by atoms with E-state index in [1.807, 2.05) is 48.6 Å². The summed E-state index contributed by atoms with van der Waals surface area (Å²) < 4.78 is 9.06. The van der Waals surface area contributed by atoms with E-state index in [9.17, 15) is 5.11 Å². The molecule has 2 aromatic carbocycles. The number of aliphatic hydroxyl groups excluding tert-OH is 1. The highest BCUT2D eigenvalue weighted by Gasteiger charge is 2.15. The van der Waals surface area contributed by atoms with Gasteiger partial charge in [0.2, 0.25) is 4.96 Å². The molecule has 0 aliphatic heterocycles. The third-order valence-electron chi connectivity index (χ3n) is 4.14. The van der Waals surface area contributed by atoms with Gasteiger partial charge in [-0.2, -0.15) is 0 Å². The summed E-state index contributed by atoms with van der Waals surface area (Å²) in [6.07, 6.45) is -0.587. The van der Waals surface area contributed by atoms with E-state index < -0.39 is 6.10 Å². The summed E-state index contributed by atoms with van der Waals surface area (Å²) in [6, 6.07) is 14.2. The highest BCUT2D eigenvalue weighted by molar-refractivity contribution is 7.99. The van der Waals surface area contributed by atoms with Gasteiger partial charge in [0.25, 0.3) is 0 Å². The molecule has 4 rings (SSSR count). The van der Waals surface area contributed by atoms with Crippen LogP contribution >= 0.6 is 23.1 Å². The summed E-state index contributed by atoms with van der Waals surface area (Å²) in [6.45, 7) is 4.28. The molecule has 0 aliphatic carbocycles. The summed E-state index contributed by atoms with van der Waals surface area (Å²) in [5, 5.41) is 19.6. The van der Waals surface area contributed by atoms with Gasteiger partial charge >= 0.3 is 0 Å². The van der Waals surface area contributed by atoms with Crippen LogP contribution < -0.4 is 4.74 Å². The maximum absolute atomic E-state index is 10.3. The minimum absolute atomic E-state index is 0.255. The van der Waals surface area contributed by atoms with E-state index in [4.69, 9.17) is 4.74 Å². The Morgan fingerprint density at radius 1 is 1.12 bits per heavy atom. The quantitative estimate of drug-likeness (QED) is 0.507. The third-order valence-corrected chi connectivity index (χ3v) is 6.23. The second kappa shape index (κ2) is 7.26. The lowest BCUT2D eigenvalue weighted by atomic mass is 10.1. The van der Waals surface area contributed by atoms with Gasteiger partial charge < -0.3 is 9.84 Å². The highest BCUT2D eigenvalue weighted by atomic mass is 32.2. The molecule has 1 N–H and O–H groups in total. The first-order valence-corrected chi connectivity index (χ1v) is 10.2. The minimum atomic E-state index is -0.587. The molecule has 4 aromatic rings. The molecular formula is C19H19N3O2S2. The molecule has 2 heterocycles. The van der Waals surface area contributed by atoms with Crippen molar-refractivity contribution >= 4 is 38.3 Å². The van der Waals surface area contributed by atoms with Crippen LogP contribution in [0, 0.1) is 13.8 Å². The van der Waals surface area contributed by atoms with Crippen LogP contribution in [0.5, 0.6) is 5.75 Å². The smallest absolute Gasteiger partial charge is 0.217 e. The maximum Gasteiger partial charge on any atom is 0.217 e. The van der Waals surface area contributed by atoms with Crippen LogP contribution in [0.15, 0.2) is 47.6 Å². The normalized spacial score (nSPS) is 12.7. The molecule has 0 saturated carbocycles. The fourth-order valence-electron chi connectivity index (χ4n) is 2.87. The average Bonchev–Trinajstić information content (AvgIpc) is 3.18. The van der Waals surface area contributed by atoms with Gasteiger partial charge in [0.1, 0.15) is 12.4 Å². The number of aromatic nitrogens is 3. The van der Waals surface area contributed by atoms with Crippen molar-refractivity contribution in [1.29, 1.82) is 0 Å². The Bertz CT molecular complexity index is 1040. The Hall–Kier alpha value is -2.09. The van der Waals surface area contributed by atoms with Crippen molar-refractivity contribution in [3.63, 3.8) is 0 Å². The van der Waals surface area contributed by atoms with E-state index in [0.29, 0.717) is 5.75 Å². The molecule has 2 aromatic heterocycles. The van der Waals surface area contributed by atoms with Crippen LogP contribution in [0.25, 0.3) is 15.2 Å². The predicted molar refractivity (Wildman–Crippen MR) is 107 cm³/mol. The molecule has 0 fully saturated rings. The van der Waals surface area contributed by atoms with Crippen LogP contribution in [0.3, 0.4) is 0 Å². The fraction of sp³-hybridized carbons (Fsp3) is 0.263. The van der Waals surface area contributed by atoms with Gasteiger partial charge in [0.15, 0.2) is 5.16 Å². The first kappa shape index (κ1) is 17.3. The predicted octanol–water partition coefficient (Wildman–Crippen LogP) is 4.09. The SMILES string of the molecule is Cc1cccc(C)c1OCC(O)CSc1nnc2sc3ccccc3n12. The van der Waals surface area contributed by atoms with Crippen molar-refractivity contribution in [2.45, 2.75) is 25.1 Å². The zero-order chi connectivity index (χ0) is 18.1. The molecule has 0 amide bonds. The summed E-state index contributed by atoms with van der Waals surface area (Å²) in [4.78, 5) is 0.870. The van der Waals surface area contributed by atoms with Gasteiger partial charge in [0.05, 0.1) is 16.3 Å². The number of aryl methyl sites for hydroxylation is 2. The van der Waals surface area contributed by atoms with Gasteiger partial charge in [-0.1, -0.05) is 53.4 Å². The Labute approximate surface area is 159 Å². The topological polar surface area (TPSA) is 59.7 Å². The Balaban J connectivity index is 1.43. The van der Waals surface area contributed by atoms with Crippen LogP contribution in [0.4, 0.5) is 0 Å². The number of hydrogen-bond donors (Lipinski definition) is 1. The van der Waals surface area contributed by atoms with Crippen LogP contribution in [0.1, 0.15) is 11.1 Å².